The van der Waals surface area contributed by atoms with Gasteiger partial charge in [0.05, 0.1) is 11.1 Å². The minimum Gasteiger partial charge on any atom is -0.326 e. The second kappa shape index (κ2) is 11.0. The molecule has 1 aliphatic rings. The molecule has 2 aromatic carbocycles. The standard InChI is InChI=1S/C24H26N4O3.ClH/c29-19-11-14-28(15-12-19)13-4-3-10-22(30)25-18-7-5-6-17(16-18)23-20-8-1-2-9-21(20)24(31)27-26-23;/h1-2,5-9,16H,3-4,10-15H2,(H,25,30)(H,27,31);1H. The van der Waals surface area contributed by atoms with Gasteiger partial charge >= 0.3 is 0 Å². The first-order valence-electron chi connectivity index (χ1n) is 10.7. The van der Waals surface area contributed by atoms with Crippen LogP contribution in [0.15, 0.2) is 53.3 Å². The number of Topliss-reactive ketones (excluding diaryl/α,β-unsaturated/α-hetero) is 1. The van der Waals surface area contributed by atoms with Gasteiger partial charge in [-0.05, 0) is 37.6 Å². The quantitative estimate of drug-likeness (QED) is 0.529. The van der Waals surface area contributed by atoms with E-state index in [2.05, 4.69) is 20.4 Å². The Morgan fingerprint density at radius 3 is 2.53 bits per heavy atom. The predicted molar refractivity (Wildman–Crippen MR) is 128 cm³/mol. The number of aromatic nitrogens is 2. The van der Waals surface area contributed by atoms with Crippen LogP contribution in [-0.2, 0) is 9.59 Å². The number of carbonyl (C=O) groups is 2. The van der Waals surface area contributed by atoms with Crippen LogP contribution in [-0.4, -0.2) is 46.4 Å². The second-order valence-corrected chi connectivity index (χ2v) is 7.91. The molecule has 4 rings (SSSR count). The number of aromatic amines is 1. The molecule has 1 aromatic heterocycles. The maximum absolute atomic E-state index is 12.4. The van der Waals surface area contributed by atoms with Crippen LogP contribution in [0, 0.1) is 0 Å². The number of nitrogens with one attached hydrogen (secondary N) is 2. The number of anilines is 1. The van der Waals surface area contributed by atoms with E-state index in [1.54, 1.807) is 6.07 Å². The highest BCUT2D eigenvalue weighted by Gasteiger charge is 2.15. The summed E-state index contributed by atoms with van der Waals surface area (Å²) in [5, 5.41) is 11.1. The van der Waals surface area contributed by atoms with Crippen LogP contribution in [0.4, 0.5) is 5.69 Å². The van der Waals surface area contributed by atoms with Crippen molar-refractivity contribution < 1.29 is 9.59 Å². The lowest BCUT2D eigenvalue weighted by atomic mass is 10.0. The van der Waals surface area contributed by atoms with Crippen molar-refractivity contribution in [2.24, 2.45) is 0 Å². The molecule has 8 heteroatoms. The number of likely N-dealkylation sites (tertiary alicyclic amines) is 1. The van der Waals surface area contributed by atoms with E-state index >= 15 is 0 Å². The van der Waals surface area contributed by atoms with Gasteiger partial charge in [0, 0.05) is 49.0 Å². The first-order chi connectivity index (χ1) is 15.1. The summed E-state index contributed by atoms with van der Waals surface area (Å²) in [5.41, 5.74) is 1.98. The Kier molecular flexibility index (Phi) is 8.14. The van der Waals surface area contributed by atoms with Crippen LogP contribution in [0.3, 0.4) is 0 Å². The highest BCUT2D eigenvalue weighted by Crippen LogP contribution is 2.26. The second-order valence-electron chi connectivity index (χ2n) is 7.91. The lowest BCUT2D eigenvalue weighted by Crippen LogP contribution is -2.34. The number of hydrogen-bond donors (Lipinski definition) is 2. The lowest BCUT2D eigenvalue weighted by molar-refractivity contribution is -0.121. The number of hydrogen-bond acceptors (Lipinski definition) is 5. The largest absolute Gasteiger partial charge is 0.326 e. The molecule has 2 N–H and O–H groups in total. The zero-order chi connectivity index (χ0) is 21.6. The molecule has 168 valence electrons. The van der Waals surface area contributed by atoms with E-state index in [4.69, 9.17) is 0 Å². The van der Waals surface area contributed by atoms with E-state index in [0.717, 1.165) is 43.4 Å². The van der Waals surface area contributed by atoms with Crippen molar-refractivity contribution in [1.29, 1.82) is 0 Å². The fourth-order valence-electron chi connectivity index (χ4n) is 3.95. The Morgan fingerprint density at radius 2 is 1.75 bits per heavy atom. The number of unbranched alkanes of at least 4 members (excludes halogenated alkanes) is 1. The van der Waals surface area contributed by atoms with E-state index in [1.807, 2.05) is 42.5 Å². The van der Waals surface area contributed by atoms with E-state index < -0.39 is 0 Å². The maximum Gasteiger partial charge on any atom is 0.272 e. The van der Waals surface area contributed by atoms with Gasteiger partial charge in [0.2, 0.25) is 5.91 Å². The van der Waals surface area contributed by atoms with E-state index in [0.29, 0.717) is 41.8 Å². The Balaban J connectivity index is 0.00000289. The molecule has 3 aromatic rings. The van der Waals surface area contributed by atoms with E-state index in [-0.39, 0.29) is 23.9 Å². The van der Waals surface area contributed by atoms with Crippen molar-refractivity contribution in [3.05, 3.63) is 58.9 Å². The van der Waals surface area contributed by atoms with Crippen LogP contribution in [0.1, 0.15) is 32.1 Å². The van der Waals surface area contributed by atoms with Gasteiger partial charge in [-0.25, -0.2) is 5.10 Å². The molecule has 0 radical (unpaired) electrons. The molecule has 2 heterocycles. The Morgan fingerprint density at radius 1 is 1.00 bits per heavy atom. The molecule has 1 fully saturated rings. The normalized spacial score (nSPS) is 14.2. The predicted octanol–water partition coefficient (Wildman–Crippen LogP) is 3.79. The van der Waals surface area contributed by atoms with Crippen molar-refractivity contribution in [2.75, 3.05) is 25.0 Å². The van der Waals surface area contributed by atoms with Crippen LogP contribution < -0.4 is 10.9 Å². The first kappa shape index (κ1) is 23.6. The molecule has 0 aliphatic carbocycles. The summed E-state index contributed by atoms with van der Waals surface area (Å²) in [4.78, 5) is 38.0. The summed E-state index contributed by atoms with van der Waals surface area (Å²) in [7, 11) is 0. The molecule has 0 spiro atoms. The number of piperidine rings is 1. The summed E-state index contributed by atoms with van der Waals surface area (Å²) < 4.78 is 0. The van der Waals surface area contributed by atoms with Crippen LogP contribution in [0.25, 0.3) is 22.0 Å². The van der Waals surface area contributed by atoms with Gasteiger partial charge in [-0.15, -0.1) is 12.4 Å². The Hall–Kier alpha value is -3.03. The SMILES string of the molecule is Cl.O=C1CCN(CCCCC(=O)Nc2cccc(-c3n[nH]c(=O)c4ccccc34)c2)CC1. The molecule has 1 saturated heterocycles. The third kappa shape index (κ3) is 5.81. The van der Waals surface area contributed by atoms with Crippen LogP contribution in [0.2, 0.25) is 0 Å². The number of ketones is 1. The topological polar surface area (TPSA) is 95.2 Å². The van der Waals surface area contributed by atoms with Crippen molar-refractivity contribution in [3.63, 3.8) is 0 Å². The average Bonchev–Trinajstić information content (AvgIpc) is 2.78. The van der Waals surface area contributed by atoms with Crippen molar-refractivity contribution >= 4 is 40.6 Å². The number of amides is 1. The highest BCUT2D eigenvalue weighted by atomic mass is 35.5. The van der Waals surface area contributed by atoms with Gasteiger partial charge in [0.25, 0.3) is 5.56 Å². The minimum atomic E-state index is -0.222. The highest BCUT2D eigenvalue weighted by molar-refractivity contribution is 5.95. The number of nitrogens with zero attached hydrogens (tertiary/aromatic N) is 2. The fraction of sp³-hybridized carbons (Fsp3) is 0.333. The summed E-state index contributed by atoms with van der Waals surface area (Å²) >= 11 is 0. The third-order valence-corrected chi connectivity index (χ3v) is 5.66. The zero-order valence-corrected chi connectivity index (χ0v) is 18.6. The van der Waals surface area contributed by atoms with Crippen LogP contribution >= 0.6 is 12.4 Å². The van der Waals surface area contributed by atoms with Gasteiger partial charge in [-0.2, -0.15) is 5.10 Å². The van der Waals surface area contributed by atoms with Gasteiger partial charge in [0.15, 0.2) is 0 Å². The van der Waals surface area contributed by atoms with Gasteiger partial charge in [0.1, 0.15) is 5.78 Å². The van der Waals surface area contributed by atoms with Gasteiger partial charge in [-0.3, -0.25) is 14.4 Å². The molecule has 1 aliphatic heterocycles. The summed E-state index contributed by atoms with van der Waals surface area (Å²) in [6.45, 7) is 2.61. The molecular formula is C24H27ClN4O3. The van der Waals surface area contributed by atoms with Gasteiger partial charge in [-0.1, -0.05) is 30.3 Å². The van der Waals surface area contributed by atoms with Gasteiger partial charge < -0.3 is 10.2 Å². The number of benzene rings is 2. The molecule has 0 atom stereocenters. The smallest absolute Gasteiger partial charge is 0.272 e. The first-order valence-corrected chi connectivity index (χ1v) is 10.7. The van der Waals surface area contributed by atoms with Crippen molar-refractivity contribution in [1.82, 2.24) is 15.1 Å². The Bertz CT molecular complexity index is 1150. The number of halogens is 1. The molecule has 0 unspecified atom stereocenters. The number of carbonyl (C=O) groups excluding carboxylic acids is 2. The summed E-state index contributed by atoms with van der Waals surface area (Å²) in [6, 6.07) is 14.8. The molecular weight excluding hydrogens is 428 g/mol. The molecule has 1 amide bonds. The monoisotopic (exact) mass is 454 g/mol. The number of fused-ring (bicyclic) bond motifs is 1. The average molecular weight is 455 g/mol. The number of rotatable bonds is 7. The lowest BCUT2D eigenvalue weighted by Gasteiger charge is -2.25. The fourth-order valence-corrected chi connectivity index (χ4v) is 3.95. The van der Waals surface area contributed by atoms with E-state index in [9.17, 15) is 14.4 Å². The molecule has 0 saturated carbocycles. The summed E-state index contributed by atoms with van der Waals surface area (Å²) in [5.74, 6) is 0.327. The molecule has 32 heavy (non-hydrogen) atoms. The summed E-state index contributed by atoms with van der Waals surface area (Å²) in [6.07, 6.45) is 3.50. The Labute approximate surface area is 192 Å². The maximum atomic E-state index is 12.4. The zero-order valence-electron chi connectivity index (χ0n) is 17.8. The molecule has 7 nitrogen and oxygen atoms in total. The van der Waals surface area contributed by atoms with Crippen molar-refractivity contribution in [3.8, 4) is 11.3 Å². The minimum absolute atomic E-state index is 0. The molecule has 0 bridgehead atoms. The number of H-pyrrole nitrogens is 1. The van der Waals surface area contributed by atoms with Crippen molar-refractivity contribution in [2.45, 2.75) is 32.1 Å². The van der Waals surface area contributed by atoms with Crippen LogP contribution in [0.5, 0.6) is 0 Å². The third-order valence-electron chi connectivity index (χ3n) is 5.66. The van der Waals surface area contributed by atoms with E-state index in [1.165, 1.54) is 0 Å².